The van der Waals surface area contributed by atoms with Crippen LogP contribution in [0, 0.1) is 6.92 Å². The lowest BCUT2D eigenvalue weighted by Gasteiger charge is -2.17. The first-order chi connectivity index (χ1) is 13.5. The monoisotopic (exact) mass is 377 g/mol. The smallest absolute Gasteiger partial charge is 0.259 e. The highest BCUT2D eigenvalue weighted by molar-refractivity contribution is 6.03. The molecule has 6 heteroatoms. The van der Waals surface area contributed by atoms with Crippen molar-refractivity contribution in [3.63, 3.8) is 0 Å². The fourth-order valence-electron chi connectivity index (χ4n) is 3.04. The number of nitrogens with zero attached hydrogens (tertiary/aromatic N) is 2. The Morgan fingerprint density at radius 2 is 1.75 bits per heavy atom. The van der Waals surface area contributed by atoms with Crippen molar-refractivity contribution in [3.05, 3.63) is 71.5 Å². The van der Waals surface area contributed by atoms with Crippen LogP contribution in [-0.2, 0) is 11.2 Å². The Balaban J connectivity index is 1.75. The van der Waals surface area contributed by atoms with Crippen LogP contribution < -0.4 is 5.32 Å². The summed E-state index contributed by atoms with van der Waals surface area (Å²) in [6.07, 6.45) is 0.811. The number of anilines is 1. The van der Waals surface area contributed by atoms with Gasteiger partial charge in [-0.25, -0.2) is 0 Å². The standard InChI is InChI=1S/C22H23N3O3/c1-4-16-10-8-9-13-18(16)23-19(26)14-25(3)22(27)20-15(2)28-24-21(20)17-11-6-5-7-12-17/h5-13H,4,14H2,1-3H3,(H,23,26). The van der Waals surface area contributed by atoms with E-state index in [1.165, 1.54) is 4.90 Å². The van der Waals surface area contributed by atoms with Crippen molar-refractivity contribution in [2.75, 3.05) is 18.9 Å². The van der Waals surface area contributed by atoms with Crippen molar-refractivity contribution in [1.82, 2.24) is 10.1 Å². The third-order valence-corrected chi connectivity index (χ3v) is 4.52. The maximum Gasteiger partial charge on any atom is 0.259 e. The molecule has 0 aliphatic rings. The molecule has 144 valence electrons. The van der Waals surface area contributed by atoms with Gasteiger partial charge >= 0.3 is 0 Å². The Hall–Kier alpha value is -3.41. The number of benzene rings is 2. The Morgan fingerprint density at radius 1 is 1.07 bits per heavy atom. The number of amides is 2. The Labute approximate surface area is 164 Å². The van der Waals surface area contributed by atoms with Gasteiger partial charge in [-0.15, -0.1) is 0 Å². The second-order valence-corrected chi connectivity index (χ2v) is 6.55. The Morgan fingerprint density at radius 3 is 2.46 bits per heavy atom. The molecule has 1 N–H and O–H groups in total. The molecule has 0 unspecified atom stereocenters. The molecule has 3 rings (SSSR count). The Kier molecular flexibility index (Phi) is 5.89. The molecule has 28 heavy (non-hydrogen) atoms. The summed E-state index contributed by atoms with van der Waals surface area (Å²) in [4.78, 5) is 26.8. The summed E-state index contributed by atoms with van der Waals surface area (Å²) in [5, 5.41) is 6.92. The van der Waals surface area contributed by atoms with E-state index in [9.17, 15) is 9.59 Å². The molecule has 0 atom stereocenters. The summed E-state index contributed by atoms with van der Waals surface area (Å²) in [7, 11) is 1.59. The number of rotatable bonds is 6. The molecule has 2 aromatic carbocycles. The minimum absolute atomic E-state index is 0.0737. The van der Waals surface area contributed by atoms with Gasteiger partial charge in [0.1, 0.15) is 17.0 Å². The highest BCUT2D eigenvalue weighted by atomic mass is 16.5. The quantitative estimate of drug-likeness (QED) is 0.706. The molecule has 0 fully saturated rings. The molecule has 6 nitrogen and oxygen atoms in total. The van der Waals surface area contributed by atoms with Crippen molar-refractivity contribution in [2.45, 2.75) is 20.3 Å². The predicted molar refractivity (Wildman–Crippen MR) is 108 cm³/mol. The molecule has 0 spiro atoms. The molecule has 2 amide bonds. The summed E-state index contributed by atoms with van der Waals surface area (Å²) in [6.45, 7) is 3.65. The zero-order valence-corrected chi connectivity index (χ0v) is 16.2. The van der Waals surface area contributed by atoms with Crippen LogP contribution in [0.5, 0.6) is 0 Å². The predicted octanol–water partition coefficient (Wildman–Crippen LogP) is 3.92. The highest BCUT2D eigenvalue weighted by Crippen LogP contribution is 2.26. The average molecular weight is 377 g/mol. The number of hydrogen-bond donors (Lipinski definition) is 1. The minimum atomic E-state index is -0.309. The van der Waals surface area contributed by atoms with Crippen molar-refractivity contribution >= 4 is 17.5 Å². The van der Waals surface area contributed by atoms with Gasteiger partial charge in [-0.05, 0) is 25.0 Å². The van der Waals surface area contributed by atoms with E-state index in [4.69, 9.17) is 4.52 Å². The maximum absolute atomic E-state index is 13.0. The van der Waals surface area contributed by atoms with E-state index >= 15 is 0 Å². The lowest BCUT2D eigenvalue weighted by atomic mass is 10.1. The molecule has 3 aromatic rings. The zero-order valence-electron chi connectivity index (χ0n) is 16.2. The maximum atomic E-state index is 13.0. The molecule has 0 saturated carbocycles. The van der Waals surface area contributed by atoms with Crippen LogP contribution in [-0.4, -0.2) is 35.5 Å². The summed E-state index contributed by atoms with van der Waals surface area (Å²) in [5.74, 6) is -0.143. The van der Waals surface area contributed by atoms with Gasteiger partial charge in [0.05, 0.1) is 6.54 Å². The molecular weight excluding hydrogens is 354 g/mol. The van der Waals surface area contributed by atoms with E-state index in [1.807, 2.05) is 61.5 Å². The number of para-hydroxylation sites is 1. The van der Waals surface area contributed by atoms with Gasteiger partial charge in [-0.1, -0.05) is 60.6 Å². The van der Waals surface area contributed by atoms with Crippen LogP contribution >= 0.6 is 0 Å². The highest BCUT2D eigenvalue weighted by Gasteiger charge is 2.25. The van der Waals surface area contributed by atoms with Gasteiger partial charge in [0.15, 0.2) is 0 Å². The first kappa shape index (κ1) is 19.4. The summed E-state index contributed by atoms with van der Waals surface area (Å²) >= 11 is 0. The van der Waals surface area contributed by atoms with Crippen molar-refractivity contribution in [1.29, 1.82) is 0 Å². The number of nitrogens with one attached hydrogen (secondary N) is 1. The molecule has 0 radical (unpaired) electrons. The summed E-state index contributed by atoms with van der Waals surface area (Å²) in [6, 6.07) is 17.0. The molecule has 0 bridgehead atoms. The van der Waals surface area contributed by atoms with Crippen molar-refractivity contribution in [2.24, 2.45) is 0 Å². The first-order valence-electron chi connectivity index (χ1n) is 9.16. The SMILES string of the molecule is CCc1ccccc1NC(=O)CN(C)C(=O)c1c(-c2ccccc2)noc1C. The number of carbonyl (C=O) groups is 2. The molecule has 1 aromatic heterocycles. The molecule has 0 aliphatic heterocycles. The number of aryl methyl sites for hydroxylation is 2. The van der Waals surface area contributed by atoms with Crippen LogP contribution in [0.2, 0.25) is 0 Å². The molecule has 0 aliphatic carbocycles. The third-order valence-electron chi connectivity index (χ3n) is 4.52. The molecule has 0 saturated heterocycles. The summed E-state index contributed by atoms with van der Waals surface area (Å²) in [5.41, 5.74) is 3.45. The van der Waals surface area contributed by atoms with E-state index in [-0.39, 0.29) is 18.4 Å². The first-order valence-corrected chi connectivity index (χ1v) is 9.16. The second kappa shape index (κ2) is 8.52. The van der Waals surface area contributed by atoms with Crippen molar-refractivity contribution in [3.8, 4) is 11.3 Å². The largest absolute Gasteiger partial charge is 0.360 e. The third kappa shape index (κ3) is 4.11. The van der Waals surface area contributed by atoms with E-state index < -0.39 is 0 Å². The van der Waals surface area contributed by atoms with Crippen LogP contribution in [0.1, 0.15) is 28.6 Å². The van der Waals surface area contributed by atoms with E-state index in [0.717, 1.165) is 23.2 Å². The van der Waals surface area contributed by atoms with Gasteiger partial charge < -0.3 is 14.7 Å². The van der Waals surface area contributed by atoms with Gasteiger partial charge in [0.25, 0.3) is 5.91 Å². The number of aromatic nitrogens is 1. The van der Waals surface area contributed by atoms with E-state index in [1.54, 1.807) is 14.0 Å². The Bertz CT molecular complexity index is 980. The van der Waals surface area contributed by atoms with Crippen molar-refractivity contribution < 1.29 is 14.1 Å². The lowest BCUT2D eigenvalue weighted by Crippen LogP contribution is -2.35. The van der Waals surface area contributed by atoms with Crippen LogP contribution in [0.15, 0.2) is 59.1 Å². The lowest BCUT2D eigenvalue weighted by molar-refractivity contribution is -0.116. The fraction of sp³-hybridized carbons (Fsp3) is 0.227. The summed E-state index contributed by atoms with van der Waals surface area (Å²) < 4.78 is 5.25. The van der Waals surface area contributed by atoms with Gasteiger partial charge in [0.2, 0.25) is 5.91 Å². The minimum Gasteiger partial charge on any atom is -0.360 e. The normalized spacial score (nSPS) is 10.5. The van der Waals surface area contributed by atoms with Crippen LogP contribution in [0.25, 0.3) is 11.3 Å². The fourth-order valence-corrected chi connectivity index (χ4v) is 3.04. The van der Waals surface area contributed by atoms with Gasteiger partial charge in [-0.3, -0.25) is 9.59 Å². The van der Waals surface area contributed by atoms with Crippen LogP contribution in [0.3, 0.4) is 0 Å². The number of likely N-dealkylation sites (N-methyl/N-ethyl adjacent to an activating group) is 1. The average Bonchev–Trinajstić information content (AvgIpc) is 3.09. The van der Waals surface area contributed by atoms with Gasteiger partial charge in [-0.2, -0.15) is 0 Å². The van der Waals surface area contributed by atoms with E-state index in [0.29, 0.717) is 17.0 Å². The topological polar surface area (TPSA) is 75.4 Å². The molecule has 1 heterocycles. The molecular formula is C22H23N3O3. The second-order valence-electron chi connectivity index (χ2n) is 6.55. The van der Waals surface area contributed by atoms with Gasteiger partial charge in [0, 0.05) is 18.3 Å². The zero-order chi connectivity index (χ0) is 20.1. The number of carbonyl (C=O) groups excluding carboxylic acids is 2. The van der Waals surface area contributed by atoms with Crippen LogP contribution in [0.4, 0.5) is 5.69 Å². The number of hydrogen-bond acceptors (Lipinski definition) is 4. The van der Waals surface area contributed by atoms with E-state index in [2.05, 4.69) is 10.5 Å².